The second-order valence-electron chi connectivity index (χ2n) is 9.33. The first-order chi connectivity index (χ1) is 18.5. The van der Waals surface area contributed by atoms with Gasteiger partial charge in [-0.05, 0) is 66.9 Å². The zero-order valence-electron chi connectivity index (χ0n) is 21.4. The molecule has 5 aromatic rings. The van der Waals surface area contributed by atoms with Crippen LogP contribution in [0.5, 0.6) is 0 Å². The molecule has 3 aromatic carbocycles. The van der Waals surface area contributed by atoms with Gasteiger partial charge in [0.05, 0.1) is 28.6 Å². The number of sulfone groups is 1. The van der Waals surface area contributed by atoms with Crippen LogP contribution in [-0.2, 0) is 22.9 Å². The Morgan fingerprint density at radius 2 is 1.79 bits per heavy atom. The highest BCUT2D eigenvalue weighted by molar-refractivity contribution is 7.90. The van der Waals surface area contributed by atoms with E-state index in [1.165, 1.54) is 18.5 Å². The topological polar surface area (TPSA) is 98.2 Å². The number of aliphatic hydroxyl groups excluding tert-OH is 1. The lowest BCUT2D eigenvalue weighted by Gasteiger charge is -2.15. The van der Waals surface area contributed by atoms with Gasteiger partial charge in [0.25, 0.3) is 0 Å². The van der Waals surface area contributed by atoms with Crippen LogP contribution in [0.25, 0.3) is 28.1 Å². The third kappa shape index (κ3) is 5.38. The number of aromatic nitrogens is 3. The molecule has 200 valence electrons. The van der Waals surface area contributed by atoms with E-state index in [0.717, 1.165) is 29.0 Å². The molecule has 2 heterocycles. The van der Waals surface area contributed by atoms with Crippen molar-refractivity contribution in [2.75, 3.05) is 6.26 Å². The third-order valence-corrected chi connectivity index (χ3v) is 7.89. The predicted molar refractivity (Wildman–Crippen MR) is 147 cm³/mol. The standard InChI is InChI=1S/C29H25ClFN3O4S/c1-17-14-34(18(2)33-17)27-9-6-20(21-12-25(31)24(15-35)28(13-21)39(3,36)37)11-23(27)29-26(32-16-38-29)10-19-4-7-22(30)8-5-19/h4-9,11-14,16,35H,10,15H2,1-3H3. The number of halogens is 2. The molecule has 0 aliphatic carbocycles. The lowest BCUT2D eigenvalue weighted by atomic mass is 9.97. The number of aliphatic hydroxyl groups is 1. The van der Waals surface area contributed by atoms with Crippen LogP contribution >= 0.6 is 11.6 Å². The Kier molecular flexibility index (Phi) is 7.15. The van der Waals surface area contributed by atoms with Crippen molar-refractivity contribution in [2.45, 2.75) is 31.8 Å². The molecule has 5 rings (SSSR count). The van der Waals surface area contributed by atoms with Crippen LogP contribution in [0.4, 0.5) is 4.39 Å². The van der Waals surface area contributed by atoms with Crippen molar-refractivity contribution in [3.05, 3.63) is 106 Å². The zero-order chi connectivity index (χ0) is 27.9. The van der Waals surface area contributed by atoms with Crippen LogP contribution in [-0.4, -0.2) is 34.3 Å². The molecular weight excluding hydrogens is 541 g/mol. The van der Waals surface area contributed by atoms with Gasteiger partial charge in [-0.25, -0.2) is 22.8 Å². The number of oxazole rings is 1. The SMILES string of the molecule is Cc1cn(-c2ccc(-c3cc(F)c(CO)c(S(C)(=O)=O)c3)cc2-c2ocnc2Cc2ccc(Cl)cc2)c(C)n1. The lowest BCUT2D eigenvalue weighted by Crippen LogP contribution is -2.06. The first-order valence-electron chi connectivity index (χ1n) is 12.0. The van der Waals surface area contributed by atoms with Crippen molar-refractivity contribution < 1.29 is 22.3 Å². The Bertz CT molecular complexity index is 1790. The number of hydrogen-bond donors (Lipinski definition) is 1. The molecular formula is C29H25ClFN3O4S. The maximum Gasteiger partial charge on any atom is 0.181 e. The second-order valence-corrected chi connectivity index (χ2v) is 11.7. The molecule has 0 radical (unpaired) electrons. The van der Waals surface area contributed by atoms with E-state index in [1.807, 2.05) is 61.0 Å². The molecule has 0 aliphatic rings. The minimum atomic E-state index is -3.80. The summed E-state index contributed by atoms with van der Waals surface area (Å²) in [7, 11) is -3.80. The normalized spacial score (nSPS) is 11.7. The quantitative estimate of drug-likeness (QED) is 0.256. The highest BCUT2D eigenvalue weighted by atomic mass is 35.5. The largest absolute Gasteiger partial charge is 0.443 e. The van der Waals surface area contributed by atoms with Gasteiger partial charge < -0.3 is 14.1 Å². The fourth-order valence-electron chi connectivity index (χ4n) is 4.64. The number of aryl methyl sites for hydroxylation is 2. The van der Waals surface area contributed by atoms with Crippen molar-refractivity contribution in [3.8, 4) is 28.1 Å². The fourth-order valence-corrected chi connectivity index (χ4v) is 5.72. The van der Waals surface area contributed by atoms with E-state index in [1.54, 1.807) is 6.07 Å². The van der Waals surface area contributed by atoms with Crippen molar-refractivity contribution >= 4 is 21.4 Å². The summed E-state index contributed by atoms with van der Waals surface area (Å²) in [6, 6.07) is 15.5. The van der Waals surface area contributed by atoms with E-state index in [0.29, 0.717) is 39.6 Å². The van der Waals surface area contributed by atoms with Gasteiger partial charge in [-0.3, -0.25) is 0 Å². The summed E-state index contributed by atoms with van der Waals surface area (Å²) in [6.45, 7) is 3.06. The highest BCUT2D eigenvalue weighted by Crippen LogP contribution is 2.36. The van der Waals surface area contributed by atoms with Crippen LogP contribution in [0, 0.1) is 19.7 Å². The minimum Gasteiger partial charge on any atom is -0.443 e. The number of nitrogens with zero attached hydrogens (tertiary/aromatic N) is 3. The van der Waals surface area contributed by atoms with Gasteiger partial charge >= 0.3 is 0 Å². The second kappa shape index (κ2) is 10.4. The van der Waals surface area contributed by atoms with E-state index in [2.05, 4.69) is 9.97 Å². The molecule has 0 amide bonds. The average molecular weight is 566 g/mol. The van der Waals surface area contributed by atoms with Gasteiger partial charge in [0.15, 0.2) is 22.0 Å². The Balaban J connectivity index is 1.71. The summed E-state index contributed by atoms with van der Waals surface area (Å²) in [5, 5.41) is 10.2. The van der Waals surface area contributed by atoms with Gasteiger partial charge in [-0.1, -0.05) is 29.8 Å². The Hall–Kier alpha value is -3.79. The van der Waals surface area contributed by atoms with Gasteiger partial charge in [-0.2, -0.15) is 0 Å². The van der Waals surface area contributed by atoms with E-state index in [4.69, 9.17) is 16.0 Å². The van der Waals surface area contributed by atoms with Crippen LogP contribution in [0.3, 0.4) is 0 Å². The van der Waals surface area contributed by atoms with Crippen molar-refractivity contribution in [1.29, 1.82) is 0 Å². The summed E-state index contributed by atoms with van der Waals surface area (Å²) in [6.07, 6.45) is 4.74. The van der Waals surface area contributed by atoms with Crippen LogP contribution in [0.15, 0.2) is 76.5 Å². The monoisotopic (exact) mass is 565 g/mol. The van der Waals surface area contributed by atoms with Crippen molar-refractivity contribution in [1.82, 2.24) is 14.5 Å². The van der Waals surface area contributed by atoms with Gasteiger partial charge in [0.1, 0.15) is 11.6 Å². The average Bonchev–Trinajstić information content (AvgIpc) is 3.49. The Labute approximate surface area is 230 Å². The molecule has 2 aromatic heterocycles. The first-order valence-corrected chi connectivity index (χ1v) is 14.3. The van der Waals surface area contributed by atoms with Crippen molar-refractivity contribution in [3.63, 3.8) is 0 Å². The van der Waals surface area contributed by atoms with Gasteiger partial charge in [0.2, 0.25) is 0 Å². The number of benzene rings is 3. The molecule has 0 saturated heterocycles. The molecule has 10 heteroatoms. The molecule has 7 nitrogen and oxygen atoms in total. The molecule has 0 fully saturated rings. The maximum absolute atomic E-state index is 15.0. The smallest absolute Gasteiger partial charge is 0.181 e. The summed E-state index contributed by atoms with van der Waals surface area (Å²) < 4.78 is 47.6. The Morgan fingerprint density at radius 3 is 2.44 bits per heavy atom. The van der Waals surface area contributed by atoms with Crippen LogP contribution in [0.2, 0.25) is 5.02 Å². The molecule has 0 aliphatic heterocycles. The molecule has 0 atom stereocenters. The summed E-state index contributed by atoms with van der Waals surface area (Å²) in [5.41, 5.74) is 4.58. The fraction of sp³-hybridized carbons (Fsp3) is 0.172. The highest BCUT2D eigenvalue weighted by Gasteiger charge is 2.22. The third-order valence-electron chi connectivity index (χ3n) is 6.47. The van der Waals surface area contributed by atoms with Crippen LogP contribution < -0.4 is 0 Å². The summed E-state index contributed by atoms with van der Waals surface area (Å²) in [4.78, 5) is 8.73. The molecule has 0 spiro atoms. The molecule has 1 N–H and O–H groups in total. The van der Waals surface area contributed by atoms with Gasteiger partial charge in [0, 0.05) is 35.0 Å². The Morgan fingerprint density at radius 1 is 1.05 bits per heavy atom. The van der Waals surface area contributed by atoms with E-state index < -0.39 is 22.3 Å². The number of rotatable bonds is 7. The van der Waals surface area contributed by atoms with E-state index >= 15 is 0 Å². The predicted octanol–water partition coefficient (Wildman–Crippen LogP) is 6.09. The molecule has 39 heavy (non-hydrogen) atoms. The summed E-state index contributed by atoms with van der Waals surface area (Å²) in [5.74, 6) is 0.478. The molecule has 0 saturated carbocycles. The minimum absolute atomic E-state index is 0.255. The first kappa shape index (κ1) is 26.8. The summed E-state index contributed by atoms with van der Waals surface area (Å²) >= 11 is 6.05. The van der Waals surface area contributed by atoms with Crippen LogP contribution in [0.1, 0.15) is 28.3 Å². The number of imidazole rings is 1. The zero-order valence-corrected chi connectivity index (χ0v) is 23.0. The van der Waals surface area contributed by atoms with E-state index in [-0.39, 0.29) is 10.5 Å². The van der Waals surface area contributed by atoms with E-state index in [9.17, 15) is 17.9 Å². The lowest BCUT2D eigenvalue weighted by molar-refractivity contribution is 0.272. The van der Waals surface area contributed by atoms with Crippen molar-refractivity contribution in [2.24, 2.45) is 0 Å². The number of hydrogen-bond acceptors (Lipinski definition) is 6. The van der Waals surface area contributed by atoms with Gasteiger partial charge in [-0.15, -0.1) is 0 Å². The molecule has 0 bridgehead atoms. The molecule has 0 unspecified atom stereocenters. The maximum atomic E-state index is 15.0.